The molecule has 1 rings (SSSR count). The van der Waals surface area contributed by atoms with E-state index in [0.717, 1.165) is 13.0 Å². The van der Waals surface area contributed by atoms with Crippen LogP contribution in [0.3, 0.4) is 0 Å². The van der Waals surface area contributed by atoms with Crippen LogP contribution in [0.2, 0.25) is 0 Å². The normalized spacial score (nSPS) is 12.6. The van der Waals surface area contributed by atoms with Gasteiger partial charge in [0, 0.05) is 18.8 Å². The smallest absolute Gasteiger partial charge is 0.341 e. The highest BCUT2D eigenvalue weighted by atomic mass is 16.5. The number of rotatable bonds is 7. The van der Waals surface area contributed by atoms with Gasteiger partial charge in [0.15, 0.2) is 0 Å². The summed E-state index contributed by atoms with van der Waals surface area (Å²) >= 11 is 0. The van der Waals surface area contributed by atoms with E-state index in [1.165, 1.54) is 7.11 Å². The van der Waals surface area contributed by atoms with E-state index in [-0.39, 0.29) is 12.0 Å². The molecule has 1 aromatic heterocycles. The second kappa shape index (κ2) is 7.85. The number of ether oxygens (including phenoxy) is 1. The summed E-state index contributed by atoms with van der Waals surface area (Å²) < 4.78 is 4.79. The third kappa shape index (κ3) is 5.17. The summed E-state index contributed by atoms with van der Waals surface area (Å²) in [6.45, 7) is 5.25. The number of likely N-dealkylation sites (N-methyl/N-ethyl adjacent to an activating group) is 1. The first-order chi connectivity index (χ1) is 9.43. The summed E-state index contributed by atoms with van der Waals surface area (Å²) in [6.07, 6.45) is 2.69. The van der Waals surface area contributed by atoms with E-state index in [1.807, 2.05) is 14.1 Å². The fourth-order valence-electron chi connectivity index (χ4n) is 2.18. The number of hydrogen-bond donors (Lipinski definition) is 1. The second-order valence-corrected chi connectivity index (χ2v) is 5.62. The zero-order chi connectivity index (χ0) is 15.1. The number of esters is 1. The molecule has 0 saturated carbocycles. The van der Waals surface area contributed by atoms with Crippen molar-refractivity contribution in [1.29, 1.82) is 0 Å². The van der Waals surface area contributed by atoms with Gasteiger partial charge in [0.25, 0.3) is 0 Å². The Morgan fingerprint density at radius 2 is 2.15 bits per heavy atom. The zero-order valence-corrected chi connectivity index (χ0v) is 13.0. The number of carbonyl (C=O) groups is 1. The average molecular weight is 279 g/mol. The Morgan fingerprint density at radius 3 is 2.70 bits per heavy atom. The Balaban J connectivity index is 2.89. The first kappa shape index (κ1) is 16.4. The molecule has 0 spiro atoms. The number of methoxy groups -OCH3 is 1. The third-order valence-electron chi connectivity index (χ3n) is 2.90. The highest BCUT2D eigenvalue weighted by Crippen LogP contribution is 2.17. The average Bonchev–Trinajstić information content (AvgIpc) is 2.37. The molecule has 1 aromatic rings. The zero-order valence-electron chi connectivity index (χ0n) is 13.0. The van der Waals surface area contributed by atoms with Gasteiger partial charge in [-0.25, -0.2) is 9.78 Å². The monoisotopic (exact) mass is 279 g/mol. The molecule has 0 bridgehead atoms. The van der Waals surface area contributed by atoms with Gasteiger partial charge in [-0.05, 0) is 38.6 Å². The molecule has 0 amide bonds. The second-order valence-electron chi connectivity index (χ2n) is 5.62. The lowest BCUT2D eigenvalue weighted by molar-refractivity contribution is 0.0601. The minimum Gasteiger partial charge on any atom is -0.465 e. The van der Waals surface area contributed by atoms with Gasteiger partial charge in [0.2, 0.25) is 0 Å². The number of nitrogens with zero attached hydrogens (tertiary/aromatic N) is 2. The van der Waals surface area contributed by atoms with Gasteiger partial charge in [-0.2, -0.15) is 0 Å². The van der Waals surface area contributed by atoms with E-state index >= 15 is 0 Å². The number of aromatic nitrogens is 1. The Kier molecular flexibility index (Phi) is 6.45. The molecule has 1 heterocycles. The topological polar surface area (TPSA) is 54.5 Å². The van der Waals surface area contributed by atoms with Crippen LogP contribution in [0.4, 0.5) is 5.82 Å². The van der Waals surface area contributed by atoms with Gasteiger partial charge in [-0.3, -0.25) is 0 Å². The number of carbonyl (C=O) groups excluding carboxylic acids is 1. The van der Waals surface area contributed by atoms with E-state index < -0.39 is 0 Å². The molecule has 112 valence electrons. The standard InChI is InChI=1S/C15H25N3O2/c1-11(2)9-12(10-18(3)4)17-14-13(15(19)20-5)7-6-8-16-14/h6-8,11-12H,9-10H2,1-5H3,(H,16,17). The first-order valence-electron chi connectivity index (χ1n) is 6.88. The number of pyridine rings is 1. The van der Waals surface area contributed by atoms with Crippen molar-refractivity contribution in [2.75, 3.05) is 33.1 Å². The van der Waals surface area contributed by atoms with Gasteiger partial charge < -0.3 is 15.0 Å². The van der Waals surface area contributed by atoms with Crippen LogP contribution < -0.4 is 5.32 Å². The Bertz CT molecular complexity index is 423. The SMILES string of the molecule is COC(=O)c1cccnc1NC(CC(C)C)CN(C)C. The molecule has 5 heteroatoms. The molecular weight excluding hydrogens is 254 g/mol. The fraction of sp³-hybridized carbons (Fsp3) is 0.600. The van der Waals surface area contributed by atoms with Crippen molar-refractivity contribution in [1.82, 2.24) is 9.88 Å². The lowest BCUT2D eigenvalue weighted by Gasteiger charge is -2.25. The molecule has 1 atom stereocenters. The minimum absolute atomic E-state index is 0.239. The van der Waals surface area contributed by atoms with Crippen LogP contribution >= 0.6 is 0 Å². The van der Waals surface area contributed by atoms with Gasteiger partial charge in [-0.1, -0.05) is 13.8 Å². The third-order valence-corrected chi connectivity index (χ3v) is 2.90. The van der Waals surface area contributed by atoms with Crippen molar-refractivity contribution in [3.05, 3.63) is 23.9 Å². The van der Waals surface area contributed by atoms with Gasteiger partial charge in [0.05, 0.1) is 7.11 Å². The molecule has 0 aliphatic rings. The molecule has 1 unspecified atom stereocenters. The molecule has 1 N–H and O–H groups in total. The van der Waals surface area contributed by atoms with E-state index in [4.69, 9.17) is 4.74 Å². The molecule has 5 nitrogen and oxygen atoms in total. The summed E-state index contributed by atoms with van der Waals surface area (Å²) in [5, 5.41) is 3.37. The summed E-state index contributed by atoms with van der Waals surface area (Å²) in [6, 6.07) is 3.70. The van der Waals surface area contributed by atoms with Gasteiger partial charge in [0.1, 0.15) is 11.4 Å². The maximum Gasteiger partial charge on any atom is 0.341 e. The number of anilines is 1. The van der Waals surface area contributed by atoms with Crippen LogP contribution in [0.25, 0.3) is 0 Å². The van der Waals surface area contributed by atoms with Gasteiger partial charge >= 0.3 is 5.97 Å². The number of hydrogen-bond acceptors (Lipinski definition) is 5. The van der Waals surface area contributed by atoms with Crippen molar-refractivity contribution < 1.29 is 9.53 Å². The van der Waals surface area contributed by atoms with Crippen LogP contribution in [0.5, 0.6) is 0 Å². The van der Waals surface area contributed by atoms with Gasteiger partial charge in [-0.15, -0.1) is 0 Å². The molecule has 0 saturated heterocycles. The van der Waals surface area contributed by atoms with E-state index in [9.17, 15) is 4.79 Å². The fourth-order valence-corrected chi connectivity index (χ4v) is 2.18. The molecular formula is C15H25N3O2. The molecule has 0 aliphatic heterocycles. The summed E-state index contributed by atoms with van der Waals surface area (Å²) in [7, 11) is 5.45. The van der Waals surface area contributed by atoms with Crippen molar-refractivity contribution in [2.24, 2.45) is 5.92 Å². The minimum atomic E-state index is -0.367. The maximum absolute atomic E-state index is 11.7. The van der Waals surface area contributed by atoms with Crippen LogP contribution in [0.1, 0.15) is 30.6 Å². The molecule has 0 fully saturated rings. The number of nitrogens with one attached hydrogen (secondary N) is 1. The lowest BCUT2D eigenvalue weighted by atomic mass is 10.0. The molecule has 0 aromatic carbocycles. The summed E-state index contributed by atoms with van der Waals surface area (Å²) in [5.41, 5.74) is 0.475. The molecule has 20 heavy (non-hydrogen) atoms. The Morgan fingerprint density at radius 1 is 1.45 bits per heavy atom. The lowest BCUT2D eigenvalue weighted by Crippen LogP contribution is -2.34. The van der Waals surface area contributed by atoms with E-state index in [1.54, 1.807) is 18.3 Å². The van der Waals surface area contributed by atoms with Crippen LogP contribution in [0, 0.1) is 5.92 Å². The van der Waals surface area contributed by atoms with Crippen molar-refractivity contribution >= 4 is 11.8 Å². The van der Waals surface area contributed by atoms with Crippen LogP contribution in [0.15, 0.2) is 18.3 Å². The molecule has 0 aliphatic carbocycles. The highest BCUT2D eigenvalue weighted by molar-refractivity contribution is 5.94. The van der Waals surface area contributed by atoms with Crippen molar-refractivity contribution in [2.45, 2.75) is 26.3 Å². The predicted octanol–water partition coefficient (Wildman–Crippen LogP) is 2.26. The molecule has 0 radical (unpaired) electrons. The summed E-state index contributed by atoms with van der Waals surface area (Å²) in [5.74, 6) is 0.790. The van der Waals surface area contributed by atoms with E-state index in [0.29, 0.717) is 17.3 Å². The van der Waals surface area contributed by atoms with Crippen molar-refractivity contribution in [3.8, 4) is 0 Å². The van der Waals surface area contributed by atoms with Crippen LogP contribution in [-0.2, 0) is 4.74 Å². The van der Waals surface area contributed by atoms with Crippen molar-refractivity contribution in [3.63, 3.8) is 0 Å². The summed E-state index contributed by atoms with van der Waals surface area (Å²) in [4.78, 5) is 18.1. The first-order valence-corrected chi connectivity index (χ1v) is 6.88. The highest BCUT2D eigenvalue weighted by Gasteiger charge is 2.17. The predicted molar refractivity (Wildman–Crippen MR) is 81.0 cm³/mol. The quantitative estimate of drug-likeness (QED) is 0.776. The van der Waals surface area contributed by atoms with Crippen LogP contribution in [-0.4, -0.2) is 49.6 Å². The Labute approximate surface area is 121 Å². The Hall–Kier alpha value is -1.62. The largest absolute Gasteiger partial charge is 0.465 e. The van der Waals surface area contributed by atoms with E-state index in [2.05, 4.69) is 29.0 Å². The maximum atomic E-state index is 11.7.